The van der Waals surface area contributed by atoms with Crippen LogP contribution in [-0.2, 0) is 34.2 Å². The van der Waals surface area contributed by atoms with Crippen LogP contribution in [0.2, 0.25) is 0 Å². The van der Waals surface area contributed by atoms with E-state index in [2.05, 4.69) is 24.0 Å². The van der Waals surface area contributed by atoms with Crippen LogP contribution in [0.4, 0.5) is 0 Å². The maximum absolute atomic E-state index is 11.9. The van der Waals surface area contributed by atoms with Crippen molar-refractivity contribution in [1.29, 1.82) is 0 Å². The molecular weight excluding hydrogens is 518 g/mol. The molecule has 0 spiro atoms. The van der Waals surface area contributed by atoms with Crippen molar-refractivity contribution < 1.29 is 27.8 Å². The van der Waals surface area contributed by atoms with Gasteiger partial charge in [-0.05, 0) is 37.0 Å². The van der Waals surface area contributed by atoms with Crippen molar-refractivity contribution in [3.8, 4) is 11.8 Å². The van der Waals surface area contributed by atoms with E-state index in [1.165, 1.54) is 33.1 Å². The van der Waals surface area contributed by atoms with Gasteiger partial charge >= 0.3 is 0 Å². The van der Waals surface area contributed by atoms with Gasteiger partial charge in [0.05, 0.1) is 12.3 Å². The molecule has 0 heterocycles. The van der Waals surface area contributed by atoms with E-state index in [9.17, 15) is 18.7 Å². The number of ketones is 2. The average molecular weight is 561 g/mol. The summed E-state index contributed by atoms with van der Waals surface area (Å²) in [7, 11) is -2.73. The van der Waals surface area contributed by atoms with Crippen LogP contribution in [0.1, 0.15) is 44.2 Å². The maximum atomic E-state index is 11.9. The van der Waals surface area contributed by atoms with Crippen LogP contribution in [0.3, 0.4) is 0 Å². The Morgan fingerprint density at radius 1 is 0.789 bits per heavy atom. The van der Waals surface area contributed by atoms with E-state index in [4.69, 9.17) is 9.05 Å². The number of carbonyl (C=O) groups is 2. The monoisotopic (exact) mass is 560 g/mol. The Labute approximate surface area is 228 Å². The fraction of sp³-hybridized carbons (Fsp3) is 0.467. The molecular formula is C30H42O6P2. The summed E-state index contributed by atoms with van der Waals surface area (Å²) in [5.41, 5.74) is 2.22. The van der Waals surface area contributed by atoms with Gasteiger partial charge in [0.1, 0.15) is 11.6 Å². The minimum Gasteiger partial charge on any atom is -0.332 e. The van der Waals surface area contributed by atoms with E-state index in [0.717, 1.165) is 24.8 Å². The Kier molecular flexibility index (Phi) is 15.4. The SMILES string of the molecule is COP(C)(=O)CC(=O)[C@@H](C)CC#Cc1ccccc1.COP(C)(=O)CC(=O)[C@@H](C)CCCc1ccccc1. The third-order valence-electron chi connectivity index (χ3n) is 6.12. The molecule has 2 aromatic carbocycles. The number of hydrogen-bond acceptors (Lipinski definition) is 6. The summed E-state index contributed by atoms with van der Waals surface area (Å²) >= 11 is 0. The summed E-state index contributed by atoms with van der Waals surface area (Å²) in [6.45, 7) is 6.70. The second kappa shape index (κ2) is 17.3. The zero-order valence-electron chi connectivity index (χ0n) is 23.5. The molecule has 0 aromatic heterocycles. The third kappa shape index (κ3) is 14.6. The van der Waals surface area contributed by atoms with E-state index >= 15 is 0 Å². The summed E-state index contributed by atoms with van der Waals surface area (Å²) < 4.78 is 33.2. The first-order valence-corrected chi connectivity index (χ1v) is 17.3. The summed E-state index contributed by atoms with van der Waals surface area (Å²) in [5.74, 6) is 5.70. The highest BCUT2D eigenvalue weighted by atomic mass is 31.2. The van der Waals surface area contributed by atoms with Gasteiger partial charge in [0.15, 0.2) is 0 Å². The van der Waals surface area contributed by atoms with Crippen LogP contribution in [0.25, 0.3) is 0 Å². The zero-order chi connectivity index (χ0) is 28.6. The molecule has 0 fully saturated rings. The van der Waals surface area contributed by atoms with Crippen LogP contribution in [0.5, 0.6) is 0 Å². The lowest BCUT2D eigenvalue weighted by Crippen LogP contribution is -2.16. The lowest BCUT2D eigenvalue weighted by atomic mass is 9.98. The first kappa shape index (κ1) is 33.7. The number of Topliss-reactive ketones (excluding diaryl/α,β-unsaturated/α-hetero) is 2. The fourth-order valence-electron chi connectivity index (χ4n) is 3.37. The van der Waals surface area contributed by atoms with Gasteiger partial charge in [0.2, 0.25) is 14.7 Å². The Hall–Kier alpha value is -2.28. The standard InChI is InChI=1S/C15H23O3P.C15H19O3P/c2*1-13(15(16)12-19(3,17)18-2)8-7-11-14-9-5-4-6-10-14/h4-6,9-10,13H,7-8,11-12H2,1-3H3;4-6,9-10,13H,8,12H2,1-3H3/t2*13-,19?/m00/s1. The summed E-state index contributed by atoms with van der Waals surface area (Å²) in [4.78, 5) is 23.7. The predicted molar refractivity (Wildman–Crippen MR) is 156 cm³/mol. The fourth-order valence-corrected chi connectivity index (χ4v) is 5.38. The predicted octanol–water partition coefficient (Wildman–Crippen LogP) is 6.96. The maximum Gasteiger partial charge on any atom is 0.207 e. The summed E-state index contributed by atoms with van der Waals surface area (Å²) in [5, 5.41) is 0. The van der Waals surface area contributed by atoms with Gasteiger partial charge in [-0.3, -0.25) is 18.7 Å². The molecule has 0 aliphatic carbocycles. The highest BCUT2D eigenvalue weighted by Gasteiger charge is 2.23. The first-order chi connectivity index (χ1) is 17.9. The molecule has 0 bridgehead atoms. The van der Waals surface area contributed by atoms with Crippen molar-refractivity contribution in [3.05, 3.63) is 71.8 Å². The highest BCUT2D eigenvalue weighted by Crippen LogP contribution is 2.42. The molecule has 0 radical (unpaired) electrons. The smallest absolute Gasteiger partial charge is 0.207 e. The Morgan fingerprint density at radius 2 is 1.26 bits per heavy atom. The number of benzene rings is 2. The molecule has 6 nitrogen and oxygen atoms in total. The van der Waals surface area contributed by atoms with Crippen molar-refractivity contribution >= 4 is 26.3 Å². The molecule has 208 valence electrons. The average Bonchev–Trinajstić information content (AvgIpc) is 2.89. The molecule has 0 aliphatic heterocycles. The quantitative estimate of drug-likeness (QED) is 0.195. The Morgan fingerprint density at radius 3 is 1.76 bits per heavy atom. The van der Waals surface area contributed by atoms with E-state index < -0.39 is 14.7 Å². The molecule has 8 heteroatoms. The van der Waals surface area contributed by atoms with Gasteiger partial charge in [-0.1, -0.05) is 74.2 Å². The largest absolute Gasteiger partial charge is 0.332 e. The number of hydrogen-bond donors (Lipinski definition) is 0. The van der Waals surface area contributed by atoms with E-state index in [1.807, 2.05) is 55.5 Å². The van der Waals surface area contributed by atoms with Gasteiger partial charge in [-0.25, -0.2) is 0 Å². The Bertz CT molecular complexity index is 1150. The number of carbonyl (C=O) groups excluding carboxylic acids is 2. The van der Waals surface area contributed by atoms with Gasteiger partial charge < -0.3 is 9.05 Å². The van der Waals surface area contributed by atoms with Crippen LogP contribution in [0.15, 0.2) is 60.7 Å². The molecule has 2 unspecified atom stereocenters. The third-order valence-corrected chi connectivity index (χ3v) is 9.44. The van der Waals surface area contributed by atoms with Crippen LogP contribution < -0.4 is 0 Å². The molecule has 0 aliphatic rings. The molecule has 4 atom stereocenters. The van der Waals surface area contributed by atoms with Crippen LogP contribution in [0, 0.1) is 23.7 Å². The molecule has 2 rings (SSSR count). The summed E-state index contributed by atoms with van der Waals surface area (Å²) in [6.07, 6.45) is 3.28. The minimum absolute atomic E-state index is 0.0162. The summed E-state index contributed by atoms with van der Waals surface area (Å²) in [6, 6.07) is 19.9. The van der Waals surface area contributed by atoms with Crippen LogP contribution >= 0.6 is 14.7 Å². The van der Waals surface area contributed by atoms with Gasteiger partial charge in [-0.2, -0.15) is 0 Å². The first-order valence-electron chi connectivity index (χ1n) is 12.8. The van der Waals surface area contributed by atoms with E-state index in [0.29, 0.717) is 6.42 Å². The van der Waals surface area contributed by atoms with Crippen molar-refractivity contribution in [2.75, 3.05) is 39.9 Å². The van der Waals surface area contributed by atoms with Crippen molar-refractivity contribution in [3.63, 3.8) is 0 Å². The molecule has 0 N–H and O–H groups in total. The van der Waals surface area contributed by atoms with Gasteiger partial charge in [0, 0.05) is 51.4 Å². The lowest BCUT2D eigenvalue weighted by Gasteiger charge is -2.14. The van der Waals surface area contributed by atoms with Gasteiger partial charge in [-0.15, -0.1) is 0 Å². The van der Waals surface area contributed by atoms with Crippen molar-refractivity contribution in [1.82, 2.24) is 0 Å². The second-order valence-electron chi connectivity index (χ2n) is 9.69. The van der Waals surface area contributed by atoms with E-state index in [-0.39, 0.29) is 35.7 Å². The normalized spacial score (nSPS) is 15.3. The van der Waals surface area contributed by atoms with E-state index in [1.54, 1.807) is 6.92 Å². The van der Waals surface area contributed by atoms with Crippen molar-refractivity contribution in [2.45, 2.75) is 39.5 Å². The molecule has 0 amide bonds. The van der Waals surface area contributed by atoms with Crippen LogP contribution in [-0.4, -0.2) is 51.4 Å². The Balaban J connectivity index is 0.000000380. The molecule has 2 aromatic rings. The van der Waals surface area contributed by atoms with Crippen molar-refractivity contribution in [2.24, 2.45) is 11.8 Å². The highest BCUT2D eigenvalue weighted by molar-refractivity contribution is 7.59. The molecule has 0 saturated carbocycles. The van der Waals surface area contributed by atoms with Gasteiger partial charge in [0.25, 0.3) is 0 Å². The lowest BCUT2D eigenvalue weighted by molar-refractivity contribution is -0.120. The molecule has 0 saturated heterocycles. The minimum atomic E-state index is -2.77. The second-order valence-corrected chi connectivity index (χ2v) is 15.1. The topological polar surface area (TPSA) is 86.7 Å². The number of aryl methyl sites for hydroxylation is 1. The number of rotatable bonds is 13. The zero-order valence-corrected chi connectivity index (χ0v) is 25.3. The molecule has 38 heavy (non-hydrogen) atoms.